The van der Waals surface area contributed by atoms with E-state index in [1.165, 1.54) is 17.7 Å². The SMILES string of the molecule is Cc1ccc(F)cc1C(Cl)c1ccc(CC(C)C)cc1. The first-order chi connectivity index (χ1) is 9.47. The normalized spacial score (nSPS) is 12.7. The van der Waals surface area contributed by atoms with Crippen molar-refractivity contribution in [1.29, 1.82) is 0 Å². The van der Waals surface area contributed by atoms with Crippen molar-refractivity contribution in [2.45, 2.75) is 32.6 Å². The minimum Gasteiger partial charge on any atom is -0.207 e. The number of aryl methyl sites for hydroxylation is 1. The van der Waals surface area contributed by atoms with Crippen molar-refractivity contribution in [2.24, 2.45) is 5.92 Å². The summed E-state index contributed by atoms with van der Waals surface area (Å²) >= 11 is 6.50. The van der Waals surface area contributed by atoms with Crippen LogP contribution in [0.4, 0.5) is 4.39 Å². The van der Waals surface area contributed by atoms with Gasteiger partial charge in [-0.3, -0.25) is 0 Å². The van der Waals surface area contributed by atoms with Crippen LogP contribution in [0, 0.1) is 18.7 Å². The zero-order valence-corrected chi connectivity index (χ0v) is 12.9. The van der Waals surface area contributed by atoms with E-state index in [4.69, 9.17) is 11.6 Å². The maximum Gasteiger partial charge on any atom is 0.123 e. The second kappa shape index (κ2) is 6.41. The average Bonchev–Trinajstić information content (AvgIpc) is 2.41. The van der Waals surface area contributed by atoms with Gasteiger partial charge in [0.2, 0.25) is 0 Å². The molecule has 1 unspecified atom stereocenters. The summed E-state index contributed by atoms with van der Waals surface area (Å²) in [7, 11) is 0. The number of alkyl halides is 1. The monoisotopic (exact) mass is 290 g/mol. The first-order valence-corrected chi connectivity index (χ1v) is 7.40. The minimum absolute atomic E-state index is 0.243. The van der Waals surface area contributed by atoms with Gasteiger partial charge in [0.25, 0.3) is 0 Å². The van der Waals surface area contributed by atoms with E-state index in [1.807, 2.05) is 19.1 Å². The third kappa shape index (κ3) is 3.61. The standard InChI is InChI=1S/C18H20ClF/c1-12(2)10-14-5-7-15(8-6-14)18(19)17-11-16(20)9-4-13(17)3/h4-9,11-12,18H,10H2,1-3H3. The summed E-state index contributed by atoms with van der Waals surface area (Å²) in [4.78, 5) is 0. The second-order valence-corrected chi connectivity index (χ2v) is 6.14. The van der Waals surface area contributed by atoms with Crippen molar-refractivity contribution in [3.8, 4) is 0 Å². The molecule has 0 aliphatic carbocycles. The van der Waals surface area contributed by atoms with E-state index in [0.717, 1.165) is 23.1 Å². The van der Waals surface area contributed by atoms with Crippen LogP contribution >= 0.6 is 11.6 Å². The molecule has 0 N–H and O–H groups in total. The lowest BCUT2D eigenvalue weighted by molar-refractivity contribution is 0.625. The van der Waals surface area contributed by atoms with Gasteiger partial charge in [0.15, 0.2) is 0 Å². The Kier molecular flexibility index (Phi) is 4.82. The first-order valence-electron chi connectivity index (χ1n) is 6.96. The van der Waals surface area contributed by atoms with Crippen LogP contribution < -0.4 is 0 Å². The molecule has 0 saturated heterocycles. The van der Waals surface area contributed by atoms with Gasteiger partial charge in [-0.2, -0.15) is 0 Å². The van der Waals surface area contributed by atoms with E-state index in [-0.39, 0.29) is 11.2 Å². The molecule has 1 atom stereocenters. The maximum atomic E-state index is 13.4. The van der Waals surface area contributed by atoms with Crippen molar-refractivity contribution in [3.05, 3.63) is 70.5 Å². The highest BCUT2D eigenvalue weighted by Gasteiger charge is 2.14. The van der Waals surface area contributed by atoms with Crippen LogP contribution in [0.15, 0.2) is 42.5 Å². The van der Waals surface area contributed by atoms with Gasteiger partial charge in [-0.25, -0.2) is 4.39 Å². The predicted molar refractivity (Wildman–Crippen MR) is 83.8 cm³/mol. The van der Waals surface area contributed by atoms with E-state index >= 15 is 0 Å². The molecule has 2 aromatic rings. The summed E-state index contributed by atoms with van der Waals surface area (Å²) < 4.78 is 13.4. The van der Waals surface area contributed by atoms with Gasteiger partial charge in [0, 0.05) is 0 Å². The Morgan fingerprint density at radius 1 is 1.05 bits per heavy atom. The highest BCUT2D eigenvalue weighted by atomic mass is 35.5. The molecule has 0 aliphatic heterocycles. The number of rotatable bonds is 4. The fourth-order valence-electron chi connectivity index (χ4n) is 2.36. The molecule has 20 heavy (non-hydrogen) atoms. The largest absolute Gasteiger partial charge is 0.207 e. The van der Waals surface area contributed by atoms with E-state index < -0.39 is 0 Å². The first kappa shape index (κ1) is 15.1. The summed E-state index contributed by atoms with van der Waals surface area (Å²) in [5, 5.41) is -0.307. The zero-order chi connectivity index (χ0) is 14.7. The fourth-order valence-corrected chi connectivity index (χ4v) is 2.74. The molecule has 0 spiro atoms. The summed E-state index contributed by atoms with van der Waals surface area (Å²) in [6.07, 6.45) is 1.06. The second-order valence-electron chi connectivity index (χ2n) is 5.70. The van der Waals surface area contributed by atoms with Crippen molar-refractivity contribution in [3.63, 3.8) is 0 Å². The molecule has 106 valence electrons. The van der Waals surface area contributed by atoms with Crippen molar-refractivity contribution in [1.82, 2.24) is 0 Å². The van der Waals surface area contributed by atoms with Gasteiger partial charge in [0.1, 0.15) is 5.82 Å². The van der Waals surface area contributed by atoms with Crippen LogP contribution in [0.3, 0.4) is 0 Å². The Labute approximate surface area is 125 Å². The molecule has 0 bridgehead atoms. The summed E-state index contributed by atoms with van der Waals surface area (Å²) in [6, 6.07) is 13.1. The van der Waals surface area contributed by atoms with Crippen molar-refractivity contribution < 1.29 is 4.39 Å². The Morgan fingerprint density at radius 2 is 1.70 bits per heavy atom. The molecule has 0 fully saturated rings. The van der Waals surface area contributed by atoms with Crippen LogP contribution in [0.25, 0.3) is 0 Å². The van der Waals surface area contributed by atoms with Crippen LogP contribution in [-0.4, -0.2) is 0 Å². The average molecular weight is 291 g/mol. The third-order valence-corrected chi connectivity index (χ3v) is 3.92. The van der Waals surface area contributed by atoms with Crippen molar-refractivity contribution >= 4 is 11.6 Å². The van der Waals surface area contributed by atoms with E-state index in [0.29, 0.717) is 5.92 Å². The highest BCUT2D eigenvalue weighted by Crippen LogP contribution is 2.31. The molecule has 0 amide bonds. The molecular weight excluding hydrogens is 271 g/mol. The number of hydrogen-bond donors (Lipinski definition) is 0. The van der Waals surface area contributed by atoms with Gasteiger partial charge >= 0.3 is 0 Å². The minimum atomic E-state index is -0.307. The summed E-state index contributed by atoms with van der Waals surface area (Å²) in [6.45, 7) is 6.36. The maximum absolute atomic E-state index is 13.4. The molecule has 0 aliphatic rings. The highest BCUT2D eigenvalue weighted by molar-refractivity contribution is 6.22. The van der Waals surface area contributed by atoms with Crippen molar-refractivity contribution in [2.75, 3.05) is 0 Å². The number of benzene rings is 2. The summed E-state index contributed by atoms with van der Waals surface area (Å²) in [5.74, 6) is 0.394. The van der Waals surface area contributed by atoms with Crippen LogP contribution in [-0.2, 0) is 6.42 Å². The third-order valence-electron chi connectivity index (χ3n) is 3.43. The van der Waals surface area contributed by atoms with E-state index in [1.54, 1.807) is 6.07 Å². The Balaban J connectivity index is 2.24. The van der Waals surface area contributed by atoms with Crippen LogP contribution in [0.2, 0.25) is 0 Å². The van der Waals surface area contributed by atoms with Gasteiger partial charge in [-0.1, -0.05) is 44.2 Å². The van der Waals surface area contributed by atoms with Crippen LogP contribution in [0.5, 0.6) is 0 Å². The lowest BCUT2D eigenvalue weighted by Gasteiger charge is -2.14. The number of halogens is 2. The van der Waals surface area contributed by atoms with E-state index in [9.17, 15) is 4.39 Å². The molecule has 2 heteroatoms. The predicted octanol–water partition coefficient (Wildman–Crippen LogP) is 5.66. The van der Waals surface area contributed by atoms with Gasteiger partial charge in [0.05, 0.1) is 5.38 Å². The molecule has 2 aromatic carbocycles. The smallest absolute Gasteiger partial charge is 0.123 e. The molecule has 2 rings (SSSR count). The zero-order valence-electron chi connectivity index (χ0n) is 12.2. The Bertz CT molecular complexity index is 572. The topological polar surface area (TPSA) is 0 Å². The molecule has 0 heterocycles. The lowest BCUT2D eigenvalue weighted by atomic mass is 9.97. The van der Waals surface area contributed by atoms with E-state index in [2.05, 4.69) is 26.0 Å². The summed E-state index contributed by atoms with van der Waals surface area (Å²) in [5.41, 5.74) is 4.16. The fraction of sp³-hybridized carbons (Fsp3) is 0.333. The van der Waals surface area contributed by atoms with Gasteiger partial charge in [-0.05, 0) is 53.6 Å². The van der Waals surface area contributed by atoms with Gasteiger partial charge < -0.3 is 0 Å². The Hall–Kier alpha value is -1.34. The molecule has 0 nitrogen and oxygen atoms in total. The molecular formula is C18H20ClF. The van der Waals surface area contributed by atoms with Crippen LogP contribution in [0.1, 0.15) is 41.5 Å². The Morgan fingerprint density at radius 3 is 2.30 bits per heavy atom. The lowest BCUT2D eigenvalue weighted by Crippen LogP contribution is -1.99. The quantitative estimate of drug-likeness (QED) is 0.637. The molecule has 0 saturated carbocycles. The number of hydrogen-bond acceptors (Lipinski definition) is 0. The molecule has 0 aromatic heterocycles. The molecule has 0 radical (unpaired) electrons. The van der Waals surface area contributed by atoms with Gasteiger partial charge in [-0.15, -0.1) is 11.6 Å².